The van der Waals surface area contributed by atoms with E-state index < -0.39 is 0 Å². The maximum atomic E-state index is 4.80. The van der Waals surface area contributed by atoms with Crippen LogP contribution in [-0.4, -0.2) is 29.9 Å². The van der Waals surface area contributed by atoms with E-state index in [1.165, 1.54) is 177 Å². The van der Waals surface area contributed by atoms with Gasteiger partial charge >= 0.3 is 0 Å². The summed E-state index contributed by atoms with van der Waals surface area (Å²) in [6.07, 6.45) is 7.42. The lowest BCUT2D eigenvalue weighted by Gasteiger charge is -2.07. The van der Waals surface area contributed by atoms with E-state index in [-0.39, 0.29) is 0 Å². The van der Waals surface area contributed by atoms with E-state index in [0.29, 0.717) is 0 Å². The van der Waals surface area contributed by atoms with E-state index in [4.69, 9.17) is 4.98 Å². The largest absolute Gasteiger partial charge is 0.256 e. The van der Waals surface area contributed by atoms with Gasteiger partial charge in [-0.05, 0) is 304 Å². The Morgan fingerprint density at radius 3 is 0.833 bits per heavy atom. The van der Waals surface area contributed by atoms with Crippen LogP contribution in [0.1, 0.15) is 100 Å². The molecule has 6 heterocycles. The van der Waals surface area contributed by atoms with Crippen LogP contribution in [0.15, 0.2) is 413 Å². The van der Waals surface area contributed by atoms with Crippen molar-refractivity contribution >= 4 is 32.4 Å². The molecular formula is C126H122N6. The van der Waals surface area contributed by atoms with Crippen LogP contribution in [0.2, 0.25) is 0 Å². The number of rotatable bonds is 8. The standard InChI is InChI=1S/C20H18.C19H17N.C14H14.2C13H13N.C12H12N2.2C12H12.C11H11N/c1-15-6-3-8-17(12-15)19-10-5-11-20(14-19)18-9-4-7-16(2)13-18;1-14-6-3-8-16(12-14)18-10-5-11-19(20-18)17-9-4-7-15(2)13-17;1-11-6-8-13(9-7-11)14-5-3-4-12(2)10-14;1-10-3-5-12(6-4-10)13-9-11(2)7-8-14-13;1-10-4-3-5-12(8-10)13-9-11(2)6-7-14-13;1-9-6-7-13-12(8-9)11-5-3-4-10(2)14-11;1-9-3-5-12-8-10(2)4-6-11(12)7-9;1-9-3-5-11-6-4-10(2)8-12(11)7-9;1-8-3-4-10-5-9(2)7-12-11(10)6-8/h3-14H,1-2H3;3-13H,1-2H3;3-10H,1-2H3;2*3-9H,1-2H3;3-8H,1-2H3;2*3-8H,1-2H3;3-7H,1-2H3. The molecule has 0 amide bonds. The fraction of sp³-hybridized carbons (Fsp3) is 0.143. The zero-order valence-electron chi connectivity index (χ0n) is 79.9. The smallest absolute Gasteiger partial charge is 0.0889 e. The summed E-state index contributed by atoms with van der Waals surface area (Å²) in [4.78, 5) is 26.5. The average Bonchev–Trinajstić information content (AvgIpc) is 0.836. The van der Waals surface area contributed by atoms with Crippen molar-refractivity contribution in [2.45, 2.75) is 125 Å². The number of hydrogen-bond donors (Lipinski definition) is 0. The van der Waals surface area contributed by atoms with Crippen molar-refractivity contribution in [3.8, 4) is 89.8 Å². The Bertz CT molecular complexity index is 6470. The minimum Gasteiger partial charge on any atom is -0.256 e. The third-order valence-electron chi connectivity index (χ3n) is 22.2. The molecule has 0 saturated carbocycles. The van der Waals surface area contributed by atoms with E-state index in [1.807, 2.05) is 74.2 Å². The summed E-state index contributed by atoms with van der Waals surface area (Å²) < 4.78 is 0. The Morgan fingerprint density at radius 1 is 0.136 bits per heavy atom. The van der Waals surface area contributed by atoms with Gasteiger partial charge in [-0.15, -0.1) is 0 Å². The van der Waals surface area contributed by atoms with Gasteiger partial charge in [0.05, 0.1) is 39.7 Å². The molecule has 0 bridgehead atoms. The minimum absolute atomic E-state index is 0.939. The van der Waals surface area contributed by atoms with Gasteiger partial charge in [0.1, 0.15) is 0 Å². The molecule has 6 heteroatoms. The SMILES string of the molecule is Cc1ccc(-c2cc(C)ccn2)cc1.Cc1ccc(-c2cccc(C)c2)cc1.Cc1ccc2cc(C)ccc2c1.Cc1ccc2ccc(C)cc2c1.Cc1cccc(-c2cc(C)ccn2)c1.Cc1cccc(-c2cccc(-c3cccc(C)c3)c2)c1.Cc1cccc(-c2cccc(-c3cccc(C)c3)n2)c1.Cc1ccnc(-c2cccc(C)n2)c1.Cc1cnc2cc(C)ccc2c1. The van der Waals surface area contributed by atoms with Crippen LogP contribution >= 0.6 is 0 Å². The van der Waals surface area contributed by atoms with Crippen molar-refractivity contribution in [3.05, 3.63) is 513 Å². The van der Waals surface area contributed by atoms with Crippen LogP contribution in [0.3, 0.4) is 0 Å². The highest BCUT2D eigenvalue weighted by atomic mass is 14.8. The number of aryl methyl sites for hydroxylation is 18. The van der Waals surface area contributed by atoms with Crippen LogP contribution in [0.5, 0.6) is 0 Å². The van der Waals surface area contributed by atoms with Gasteiger partial charge in [-0.25, -0.2) is 4.98 Å². The molecule has 0 aliphatic heterocycles. The van der Waals surface area contributed by atoms with Crippen molar-refractivity contribution in [1.82, 2.24) is 29.9 Å². The summed E-state index contributed by atoms with van der Waals surface area (Å²) in [5, 5.41) is 6.56. The number of pyridine rings is 6. The van der Waals surface area contributed by atoms with E-state index in [1.54, 1.807) is 0 Å². The molecule has 0 fully saturated rings. The van der Waals surface area contributed by atoms with Crippen LogP contribution in [-0.2, 0) is 0 Å². The molecule has 0 atom stereocenters. The van der Waals surface area contributed by atoms with Crippen molar-refractivity contribution in [3.63, 3.8) is 0 Å². The average molecular weight is 1720 g/mol. The maximum absolute atomic E-state index is 4.80. The first-order chi connectivity index (χ1) is 63.7. The molecule has 14 aromatic carbocycles. The van der Waals surface area contributed by atoms with E-state index >= 15 is 0 Å². The summed E-state index contributed by atoms with van der Waals surface area (Å²) >= 11 is 0. The normalized spacial score (nSPS) is 10.3. The van der Waals surface area contributed by atoms with Gasteiger partial charge in [0, 0.05) is 58.1 Å². The third-order valence-corrected chi connectivity index (χ3v) is 22.2. The van der Waals surface area contributed by atoms with Gasteiger partial charge in [-0.3, -0.25) is 24.9 Å². The highest BCUT2D eigenvalue weighted by Crippen LogP contribution is 2.31. The Balaban J connectivity index is 0.000000135. The molecule has 0 N–H and O–H groups in total. The second kappa shape index (κ2) is 47.7. The molecule has 20 rings (SSSR count). The predicted molar refractivity (Wildman–Crippen MR) is 566 cm³/mol. The topological polar surface area (TPSA) is 77.3 Å². The summed E-state index contributed by atoms with van der Waals surface area (Å²) in [5.41, 5.74) is 42.2. The van der Waals surface area contributed by atoms with Crippen molar-refractivity contribution in [2.24, 2.45) is 0 Å². The highest BCUT2D eigenvalue weighted by Gasteiger charge is 2.09. The number of nitrogens with zero attached hydrogens (tertiary/aromatic N) is 6. The molecular weight excluding hydrogens is 1600 g/mol. The summed E-state index contributed by atoms with van der Waals surface area (Å²) in [7, 11) is 0. The molecule has 20 aromatic rings. The Hall–Kier alpha value is -15.2. The molecule has 6 aromatic heterocycles. The molecule has 0 aliphatic carbocycles. The quantitative estimate of drug-likeness (QED) is 0.151. The summed E-state index contributed by atoms with van der Waals surface area (Å²) in [6, 6.07) is 136. The predicted octanol–water partition coefficient (Wildman–Crippen LogP) is 33.9. The van der Waals surface area contributed by atoms with Crippen molar-refractivity contribution in [1.29, 1.82) is 0 Å². The van der Waals surface area contributed by atoms with Gasteiger partial charge < -0.3 is 0 Å². The minimum atomic E-state index is 0.939. The fourth-order valence-corrected chi connectivity index (χ4v) is 15.1. The summed E-state index contributed by atoms with van der Waals surface area (Å²) in [5.74, 6) is 0. The molecule has 0 aliphatic rings. The lowest BCUT2D eigenvalue weighted by molar-refractivity contribution is 1.17. The molecule has 132 heavy (non-hydrogen) atoms. The van der Waals surface area contributed by atoms with Crippen LogP contribution < -0.4 is 0 Å². The number of benzene rings is 14. The highest BCUT2D eigenvalue weighted by molar-refractivity contribution is 5.85. The molecule has 0 saturated heterocycles. The zero-order chi connectivity index (χ0) is 93.4. The second-order valence-corrected chi connectivity index (χ2v) is 34.7. The molecule has 0 spiro atoms. The van der Waals surface area contributed by atoms with Gasteiger partial charge in [0.2, 0.25) is 0 Å². The van der Waals surface area contributed by atoms with Crippen LogP contribution in [0.25, 0.3) is 122 Å². The molecule has 0 unspecified atom stereocenters. The third kappa shape index (κ3) is 29.9. The lowest BCUT2D eigenvalue weighted by atomic mass is 9.97. The van der Waals surface area contributed by atoms with Crippen LogP contribution in [0, 0.1) is 125 Å². The first kappa shape index (κ1) is 95.9. The van der Waals surface area contributed by atoms with Crippen molar-refractivity contribution in [2.75, 3.05) is 0 Å². The van der Waals surface area contributed by atoms with Gasteiger partial charge in [0.15, 0.2) is 0 Å². The monoisotopic (exact) mass is 1720 g/mol. The number of aromatic nitrogens is 6. The van der Waals surface area contributed by atoms with E-state index in [2.05, 4.69) is 488 Å². The van der Waals surface area contributed by atoms with Crippen molar-refractivity contribution < 1.29 is 0 Å². The summed E-state index contributed by atoms with van der Waals surface area (Å²) in [6.45, 7) is 37.8. The zero-order valence-corrected chi connectivity index (χ0v) is 79.9. The van der Waals surface area contributed by atoms with E-state index in [9.17, 15) is 0 Å². The Kier molecular flexibility index (Phi) is 34.6. The van der Waals surface area contributed by atoms with E-state index in [0.717, 1.165) is 45.4 Å². The number of fused-ring (bicyclic) bond motifs is 3. The lowest BCUT2D eigenvalue weighted by Crippen LogP contribution is -1.89. The van der Waals surface area contributed by atoms with Gasteiger partial charge in [-0.2, -0.15) is 0 Å². The first-order valence-corrected chi connectivity index (χ1v) is 45.4. The second-order valence-electron chi connectivity index (χ2n) is 34.7. The molecule has 0 radical (unpaired) electrons. The molecule has 656 valence electrons. The maximum Gasteiger partial charge on any atom is 0.0889 e. The first-order valence-electron chi connectivity index (χ1n) is 45.4. The van der Waals surface area contributed by atoms with Gasteiger partial charge in [-0.1, -0.05) is 358 Å². The Morgan fingerprint density at radius 2 is 0.417 bits per heavy atom. The fourth-order valence-electron chi connectivity index (χ4n) is 15.1. The Labute approximate surface area is 784 Å². The number of hydrogen-bond acceptors (Lipinski definition) is 6. The molecule has 6 nitrogen and oxygen atoms in total. The van der Waals surface area contributed by atoms with Gasteiger partial charge in [0.25, 0.3) is 0 Å². The van der Waals surface area contributed by atoms with Crippen LogP contribution in [0.4, 0.5) is 0 Å².